The van der Waals surface area contributed by atoms with Crippen LogP contribution in [0.5, 0.6) is 11.5 Å². The number of nitrogens with zero attached hydrogens (tertiary/aromatic N) is 2. The van der Waals surface area contributed by atoms with Crippen LogP contribution in [-0.2, 0) is 6.42 Å². The van der Waals surface area contributed by atoms with Crippen molar-refractivity contribution in [1.82, 2.24) is 20.2 Å². The molecule has 2 aromatic carbocycles. The van der Waals surface area contributed by atoms with Crippen molar-refractivity contribution >= 4 is 22.2 Å². The Morgan fingerprint density at radius 2 is 1.93 bits per heavy atom. The molecule has 0 amide bonds. The number of benzene rings is 2. The lowest BCUT2D eigenvalue weighted by molar-refractivity contribution is 0.483. The predicted molar refractivity (Wildman–Crippen MR) is 107 cm³/mol. The van der Waals surface area contributed by atoms with Gasteiger partial charge in [-0.05, 0) is 58.8 Å². The highest BCUT2D eigenvalue weighted by molar-refractivity contribution is 7.07. The van der Waals surface area contributed by atoms with Crippen molar-refractivity contribution in [2.45, 2.75) is 6.42 Å². The van der Waals surface area contributed by atoms with Gasteiger partial charge in [-0.25, -0.2) is 0 Å². The van der Waals surface area contributed by atoms with Gasteiger partial charge in [0, 0.05) is 29.1 Å². The molecule has 5 aromatic rings. The smallest absolute Gasteiger partial charge is 0.161 e. The minimum absolute atomic E-state index is 0.742. The molecule has 132 valence electrons. The SMILES string of the molecule is c1cc(Oc2ccc3[nH]ccc3c2)cc(-c2nnc(Cc3ccsc3)[nH]2)c1. The average molecular weight is 372 g/mol. The molecule has 0 atom stereocenters. The Morgan fingerprint density at radius 3 is 2.85 bits per heavy atom. The van der Waals surface area contributed by atoms with Gasteiger partial charge in [0.25, 0.3) is 0 Å². The van der Waals surface area contributed by atoms with Crippen LogP contribution in [-0.4, -0.2) is 20.2 Å². The summed E-state index contributed by atoms with van der Waals surface area (Å²) in [6, 6.07) is 18.0. The Labute approximate surface area is 159 Å². The molecule has 3 heterocycles. The van der Waals surface area contributed by atoms with Crippen molar-refractivity contribution in [1.29, 1.82) is 0 Å². The van der Waals surface area contributed by atoms with E-state index in [1.54, 1.807) is 11.3 Å². The van der Waals surface area contributed by atoms with E-state index in [1.165, 1.54) is 5.56 Å². The van der Waals surface area contributed by atoms with E-state index in [2.05, 4.69) is 37.0 Å². The highest BCUT2D eigenvalue weighted by Crippen LogP contribution is 2.28. The lowest BCUT2D eigenvalue weighted by Gasteiger charge is -2.07. The van der Waals surface area contributed by atoms with E-state index in [0.717, 1.165) is 46.0 Å². The first-order valence-electron chi connectivity index (χ1n) is 8.61. The number of H-pyrrole nitrogens is 2. The topological polar surface area (TPSA) is 66.6 Å². The highest BCUT2D eigenvalue weighted by Gasteiger charge is 2.08. The van der Waals surface area contributed by atoms with E-state index >= 15 is 0 Å². The van der Waals surface area contributed by atoms with Crippen LogP contribution in [0.15, 0.2) is 71.6 Å². The number of nitrogens with one attached hydrogen (secondary N) is 2. The fourth-order valence-electron chi connectivity index (χ4n) is 3.03. The molecule has 6 heteroatoms. The molecule has 0 saturated carbocycles. The van der Waals surface area contributed by atoms with Crippen molar-refractivity contribution in [2.24, 2.45) is 0 Å². The Hall–Kier alpha value is -3.38. The molecular formula is C21H16N4OS. The molecule has 5 rings (SSSR count). The van der Waals surface area contributed by atoms with Crippen molar-refractivity contribution in [2.75, 3.05) is 0 Å². The number of rotatable bonds is 5. The van der Waals surface area contributed by atoms with Gasteiger partial charge in [0.2, 0.25) is 0 Å². The van der Waals surface area contributed by atoms with Gasteiger partial charge in [-0.2, -0.15) is 11.3 Å². The fraction of sp³-hybridized carbons (Fsp3) is 0.0476. The minimum atomic E-state index is 0.742. The van der Waals surface area contributed by atoms with E-state index in [9.17, 15) is 0 Å². The lowest BCUT2D eigenvalue weighted by Crippen LogP contribution is -1.88. The Balaban J connectivity index is 1.37. The largest absolute Gasteiger partial charge is 0.457 e. The first-order valence-corrected chi connectivity index (χ1v) is 9.56. The zero-order valence-corrected chi connectivity index (χ0v) is 15.2. The van der Waals surface area contributed by atoms with Gasteiger partial charge in [0.15, 0.2) is 5.82 Å². The second-order valence-corrected chi connectivity index (χ2v) is 7.07. The molecule has 0 radical (unpaired) electrons. The van der Waals surface area contributed by atoms with Gasteiger partial charge in [-0.15, -0.1) is 10.2 Å². The normalized spacial score (nSPS) is 11.1. The zero-order valence-electron chi connectivity index (χ0n) is 14.3. The monoisotopic (exact) mass is 372 g/mol. The first-order chi connectivity index (χ1) is 13.3. The molecule has 2 N–H and O–H groups in total. The first kappa shape index (κ1) is 15.8. The Bertz CT molecular complexity index is 1190. The maximum Gasteiger partial charge on any atom is 0.161 e. The molecule has 0 spiro atoms. The summed E-state index contributed by atoms with van der Waals surface area (Å²) >= 11 is 1.69. The second kappa shape index (κ2) is 6.74. The van der Waals surface area contributed by atoms with Gasteiger partial charge >= 0.3 is 0 Å². The molecule has 27 heavy (non-hydrogen) atoms. The maximum atomic E-state index is 6.04. The fourth-order valence-corrected chi connectivity index (χ4v) is 3.70. The van der Waals surface area contributed by atoms with Crippen molar-refractivity contribution < 1.29 is 4.74 Å². The second-order valence-electron chi connectivity index (χ2n) is 6.29. The quantitative estimate of drug-likeness (QED) is 0.434. The molecule has 0 bridgehead atoms. The van der Waals surface area contributed by atoms with Crippen LogP contribution < -0.4 is 4.74 Å². The van der Waals surface area contributed by atoms with Crippen LogP contribution >= 0.6 is 11.3 Å². The summed E-state index contributed by atoms with van der Waals surface area (Å²) < 4.78 is 6.04. The summed E-state index contributed by atoms with van der Waals surface area (Å²) in [5.74, 6) is 3.16. The van der Waals surface area contributed by atoms with E-state index in [0.29, 0.717) is 0 Å². The van der Waals surface area contributed by atoms with Crippen LogP contribution in [0.25, 0.3) is 22.3 Å². The Kier molecular flexibility index (Phi) is 3.95. The van der Waals surface area contributed by atoms with Crippen molar-refractivity contribution in [3.05, 3.63) is 82.9 Å². The summed E-state index contributed by atoms with van der Waals surface area (Å²) in [5, 5.41) is 13.9. The zero-order chi connectivity index (χ0) is 18.1. The molecule has 0 aliphatic heterocycles. The average Bonchev–Trinajstić information content (AvgIpc) is 3.44. The molecule has 5 nitrogen and oxygen atoms in total. The maximum absolute atomic E-state index is 6.04. The van der Waals surface area contributed by atoms with Gasteiger partial charge in [0.05, 0.1) is 0 Å². The molecule has 0 aliphatic rings. The van der Waals surface area contributed by atoms with Crippen molar-refractivity contribution in [3.63, 3.8) is 0 Å². The van der Waals surface area contributed by atoms with Crippen molar-refractivity contribution in [3.8, 4) is 22.9 Å². The highest BCUT2D eigenvalue weighted by atomic mass is 32.1. The lowest BCUT2D eigenvalue weighted by atomic mass is 10.2. The summed E-state index contributed by atoms with van der Waals surface area (Å²) in [6.07, 6.45) is 2.68. The summed E-state index contributed by atoms with van der Waals surface area (Å²) in [7, 11) is 0. The number of ether oxygens (including phenoxy) is 1. The summed E-state index contributed by atoms with van der Waals surface area (Å²) in [6.45, 7) is 0. The Morgan fingerprint density at radius 1 is 0.963 bits per heavy atom. The third kappa shape index (κ3) is 3.35. The number of hydrogen-bond donors (Lipinski definition) is 2. The van der Waals surface area contributed by atoms with Crippen LogP contribution in [0.4, 0.5) is 0 Å². The van der Waals surface area contributed by atoms with E-state index in [-0.39, 0.29) is 0 Å². The summed E-state index contributed by atoms with van der Waals surface area (Å²) in [4.78, 5) is 6.49. The van der Waals surface area contributed by atoms with Gasteiger partial charge in [0.1, 0.15) is 17.3 Å². The molecular weight excluding hydrogens is 356 g/mol. The van der Waals surface area contributed by atoms with Gasteiger partial charge < -0.3 is 14.7 Å². The number of thiophene rings is 1. The predicted octanol–water partition coefficient (Wildman–Crippen LogP) is 5.40. The van der Waals surface area contributed by atoms with E-state index in [1.807, 2.05) is 54.7 Å². The number of aromatic nitrogens is 4. The van der Waals surface area contributed by atoms with Gasteiger partial charge in [-0.1, -0.05) is 12.1 Å². The molecule has 0 unspecified atom stereocenters. The standard InChI is InChI=1S/C21H16N4OS/c1-2-16(21-23-20(24-25-21)10-14-7-9-27-13-14)12-17(3-1)26-18-4-5-19-15(11-18)6-8-22-19/h1-9,11-13,22H,10H2,(H,23,24,25). The molecule has 0 fully saturated rings. The van der Waals surface area contributed by atoms with Crippen LogP contribution in [0.2, 0.25) is 0 Å². The van der Waals surface area contributed by atoms with E-state index < -0.39 is 0 Å². The van der Waals surface area contributed by atoms with Crippen LogP contribution in [0.1, 0.15) is 11.4 Å². The minimum Gasteiger partial charge on any atom is -0.457 e. The summed E-state index contributed by atoms with van der Waals surface area (Å²) in [5.41, 5.74) is 3.27. The molecule has 0 saturated heterocycles. The van der Waals surface area contributed by atoms with E-state index in [4.69, 9.17) is 4.74 Å². The van der Waals surface area contributed by atoms with Crippen LogP contribution in [0, 0.1) is 0 Å². The molecule has 3 aromatic heterocycles. The number of fused-ring (bicyclic) bond motifs is 1. The third-order valence-electron chi connectivity index (χ3n) is 4.35. The third-order valence-corrected chi connectivity index (χ3v) is 5.09. The molecule has 0 aliphatic carbocycles. The van der Waals surface area contributed by atoms with Gasteiger partial charge in [-0.3, -0.25) is 0 Å². The number of hydrogen-bond acceptors (Lipinski definition) is 4. The van der Waals surface area contributed by atoms with Crippen LogP contribution in [0.3, 0.4) is 0 Å². The number of aromatic amines is 2.